The number of hydrogen-bond acceptors (Lipinski definition) is 3. The van der Waals surface area contributed by atoms with Gasteiger partial charge in [0.2, 0.25) is 5.91 Å². The monoisotopic (exact) mass is 233 g/mol. The number of aliphatic imine (C=N–C) groups is 2. The van der Waals surface area contributed by atoms with Crippen molar-refractivity contribution in [1.82, 2.24) is 5.32 Å². The van der Waals surface area contributed by atoms with Gasteiger partial charge < -0.3 is 5.32 Å². The van der Waals surface area contributed by atoms with Gasteiger partial charge in [0.25, 0.3) is 0 Å². The molecule has 1 amide bonds. The van der Waals surface area contributed by atoms with Crippen LogP contribution >= 0.6 is 0 Å². The largest absolute Gasteiger partial charge is 0.323 e. The second-order valence-corrected chi connectivity index (χ2v) is 4.93. The molecule has 3 unspecified atom stereocenters. The van der Waals surface area contributed by atoms with Gasteiger partial charge in [0, 0.05) is 12.8 Å². The molecule has 2 heterocycles. The SMILES string of the molecule is C=NC1CCC2=C(C=NCC(C)C2C)NC1=O. The third kappa shape index (κ3) is 2.30. The van der Waals surface area contributed by atoms with E-state index in [1.807, 2.05) is 0 Å². The fraction of sp³-hybridized carbons (Fsp3) is 0.615. The van der Waals surface area contributed by atoms with Crippen molar-refractivity contribution in [3.05, 3.63) is 11.3 Å². The molecule has 4 heteroatoms. The number of amides is 1. The number of carbonyl (C=O) groups excluding carboxylic acids is 1. The fourth-order valence-electron chi connectivity index (χ4n) is 2.43. The molecule has 0 aromatic carbocycles. The van der Waals surface area contributed by atoms with Crippen LogP contribution in [-0.4, -0.2) is 31.4 Å². The van der Waals surface area contributed by atoms with E-state index >= 15 is 0 Å². The van der Waals surface area contributed by atoms with Crippen LogP contribution in [0, 0.1) is 11.8 Å². The molecule has 2 aliphatic heterocycles. The minimum Gasteiger partial charge on any atom is -0.323 e. The Morgan fingerprint density at radius 2 is 2.29 bits per heavy atom. The van der Waals surface area contributed by atoms with E-state index < -0.39 is 0 Å². The van der Waals surface area contributed by atoms with Crippen LogP contribution in [0.15, 0.2) is 21.3 Å². The maximum Gasteiger partial charge on any atom is 0.249 e. The Kier molecular flexibility index (Phi) is 3.41. The molecule has 0 saturated heterocycles. The van der Waals surface area contributed by atoms with Crippen LogP contribution in [0.3, 0.4) is 0 Å². The minimum atomic E-state index is -0.321. The highest BCUT2D eigenvalue weighted by Crippen LogP contribution is 2.30. The van der Waals surface area contributed by atoms with Crippen LogP contribution in [0.25, 0.3) is 0 Å². The molecule has 0 radical (unpaired) electrons. The lowest BCUT2D eigenvalue weighted by Gasteiger charge is -2.20. The van der Waals surface area contributed by atoms with Crippen LogP contribution in [0.1, 0.15) is 26.7 Å². The molecule has 0 spiro atoms. The lowest BCUT2D eigenvalue weighted by molar-refractivity contribution is -0.121. The van der Waals surface area contributed by atoms with Crippen molar-refractivity contribution in [3.63, 3.8) is 0 Å². The van der Waals surface area contributed by atoms with Gasteiger partial charge in [0.05, 0.1) is 5.70 Å². The van der Waals surface area contributed by atoms with Gasteiger partial charge in [-0.15, -0.1) is 0 Å². The van der Waals surface area contributed by atoms with Crippen molar-refractivity contribution >= 4 is 18.8 Å². The zero-order chi connectivity index (χ0) is 12.4. The highest BCUT2D eigenvalue weighted by molar-refractivity contribution is 5.92. The first kappa shape index (κ1) is 12.0. The summed E-state index contributed by atoms with van der Waals surface area (Å²) in [6, 6.07) is -0.321. The molecule has 0 saturated carbocycles. The summed E-state index contributed by atoms with van der Waals surface area (Å²) in [5.74, 6) is 0.915. The Labute approximate surface area is 102 Å². The molecule has 0 aliphatic carbocycles. The highest BCUT2D eigenvalue weighted by atomic mass is 16.2. The number of hydrogen-bond donors (Lipinski definition) is 1. The zero-order valence-corrected chi connectivity index (χ0v) is 10.4. The summed E-state index contributed by atoms with van der Waals surface area (Å²) >= 11 is 0. The molecule has 92 valence electrons. The van der Waals surface area contributed by atoms with Gasteiger partial charge >= 0.3 is 0 Å². The summed E-state index contributed by atoms with van der Waals surface area (Å²) in [4.78, 5) is 20.1. The topological polar surface area (TPSA) is 53.8 Å². The molecule has 0 aromatic heterocycles. The quantitative estimate of drug-likeness (QED) is 0.687. The second-order valence-electron chi connectivity index (χ2n) is 4.93. The molecule has 0 fully saturated rings. The summed E-state index contributed by atoms with van der Waals surface area (Å²) in [5.41, 5.74) is 2.19. The summed E-state index contributed by atoms with van der Waals surface area (Å²) in [6.07, 6.45) is 3.45. The van der Waals surface area contributed by atoms with Crippen molar-refractivity contribution in [2.45, 2.75) is 32.7 Å². The van der Waals surface area contributed by atoms with Gasteiger partial charge in [-0.3, -0.25) is 14.8 Å². The summed E-state index contributed by atoms with van der Waals surface area (Å²) in [5, 5.41) is 2.93. The number of allylic oxidation sites excluding steroid dienone is 2. The Hall–Kier alpha value is -1.45. The average molecular weight is 233 g/mol. The Morgan fingerprint density at radius 3 is 3.00 bits per heavy atom. The number of nitrogens with one attached hydrogen (secondary N) is 1. The van der Waals surface area contributed by atoms with Crippen molar-refractivity contribution in [1.29, 1.82) is 0 Å². The van der Waals surface area contributed by atoms with Crippen LogP contribution in [0.4, 0.5) is 0 Å². The van der Waals surface area contributed by atoms with Gasteiger partial charge in [-0.05, 0) is 37.0 Å². The van der Waals surface area contributed by atoms with E-state index in [4.69, 9.17) is 0 Å². The van der Waals surface area contributed by atoms with Crippen LogP contribution in [-0.2, 0) is 4.79 Å². The molecule has 1 N–H and O–H groups in total. The molecule has 3 atom stereocenters. The maximum absolute atomic E-state index is 11.9. The predicted molar refractivity (Wildman–Crippen MR) is 69.4 cm³/mol. The second kappa shape index (κ2) is 4.82. The lowest BCUT2D eigenvalue weighted by Crippen LogP contribution is -2.31. The van der Waals surface area contributed by atoms with Crippen molar-refractivity contribution < 1.29 is 4.79 Å². The summed E-state index contributed by atoms with van der Waals surface area (Å²) in [7, 11) is 0. The van der Waals surface area contributed by atoms with E-state index in [1.54, 1.807) is 6.21 Å². The smallest absolute Gasteiger partial charge is 0.249 e. The van der Waals surface area contributed by atoms with E-state index in [-0.39, 0.29) is 11.9 Å². The molecular weight excluding hydrogens is 214 g/mol. The van der Waals surface area contributed by atoms with Crippen molar-refractivity contribution in [2.75, 3.05) is 6.54 Å². The third-order valence-electron chi connectivity index (χ3n) is 3.83. The number of carbonyl (C=O) groups is 1. The van der Waals surface area contributed by atoms with Crippen LogP contribution < -0.4 is 5.32 Å². The molecule has 2 aliphatic rings. The van der Waals surface area contributed by atoms with E-state index in [9.17, 15) is 4.79 Å². The first-order valence-corrected chi connectivity index (χ1v) is 6.13. The Bertz CT molecular complexity index is 397. The molecule has 4 nitrogen and oxygen atoms in total. The lowest BCUT2D eigenvalue weighted by atomic mass is 9.85. The molecule has 0 aromatic rings. The van der Waals surface area contributed by atoms with E-state index in [2.05, 4.69) is 35.9 Å². The molecule has 2 rings (SSSR count). The van der Waals surface area contributed by atoms with Gasteiger partial charge in [-0.25, -0.2) is 0 Å². The Morgan fingerprint density at radius 1 is 1.53 bits per heavy atom. The van der Waals surface area contributed by atoms with E-state index in [1.165, 1.54) is 5.57 Å². The molecule has 0 bridgehead atoms. The van der Waals surface area contributed by atoms with Gasteiger partial charge in [0.15, 0.2) is 0 Å². The fourth-order valence-corrected chi connectivity index (χ4v) is 2.43. The van der Waals surface area contributed by atoms with E-state index in [0.717, 1.165) is 25.1 Å². The Balaban J connectivity index is 2.31. The first-order chi connectivity index (χ1) is 8.13. The average Bonchev–Trinajstić information content (AvgIpc) is 2.53. The number of rotatable bonds is 1. The van der Waals surface area contributed by atoms with E-state index in [0.29, 0.717) is 11.8 Å². The first-order valence-electron chi connectivity index (χ1n) is 6.13. The standard InChI is InChI=1S/C13H19N3O/c1-8-6-15-7-12-10(9(8)2)4-5-11(14-3)13(17)16-12/h7-9,11H,3-6H2,1-2H3,(H,16,17). The zero-order valence-electron chi connectivity index (χ0n) is 10.4. The number of nitrogens with zero attached hydrogens (tertiary/aromatic N) is 2. The highest BCUT2D eigenvalue weighted by Gasteiger charge is 2.28. The normalized spacial score (nSPS) is 33.5. The van der Waals surface area contributed by atoms with Gasteiger partial charge in [0.1, 0.15) is 6.04 Å². The maximum atomic E-state index is 11.9. The predicted octanol–water partition coefficient (Wildman–Crippen LogP) is 1.58. The van der Waals surface area contributed by atoms with Gasteiger partial charge in [-0.2, -0.15) is 0 Å². The molecule has 17 heavy (non-hydrogen) atoms. The third-order valence-corrected chi connectivity index (χ3v) is 3.83. The summed E-state index contributed by atoms with van der Waals surface area (Å²) < 4.78 is 0. The van der Waals surface area contributed by atoms with Crippen molar-refractivity contribution in [3.8, 4) is 0 Å². The van der Waals surface area contributed by atoms with Crippen molar-refractivity contribution in [2.24, 2.45) is 21.8 Å². The van der Waals surface area contributed by atoms with Crippen LogP contribution in [0.2, 0.25) is 0 Å². The summed E-state index contributed by atoms with van der Waals surface area (Å²) in [6.45, 7) is 8.72. The molecular formula is C13H19N3O. The van der Waals surface area contributed by atoms with Gasteiger partial charge in [-0.1, -0.05) is 13.8 Å². The minimum absolute atomic E-state index is 0.0572. The van der Waals surface area contributed by atoms with Crippen LogP contribution in [0.5, 0.6) is 0 Å².